The second-order valence-corrected chi connectivity index (χ2v) is 7.63. The molecular weight excluding hydrogens is 350 g/mol. The summed E-state index contributed by atoms with van der Waals surface area (Å²) in [4.78, 5) is 22.4. The molecule has 134 valence electrons. The Balaban J connectivity index is 1.77. The monoisotopic (exact) mass is 369 g/mol. The molecule has 26 heavy (non-hydrogen) atoms. The Hall–Kier alpha value is -2.37. The average Bonchev–Trinajstić information content (AvgIpc) is 3.05. The molecule has 1 aliphatic heterocycles. The van der Waals surface area contributed by atoms with Crippen LogP contribution >= 0.6 is 11.6 Å². The predicted molar refractivity (Wildman–Crippen MR) is 101 cm³/mol. The maximum atomic E-state index is 13.2. The molecule has 2 heterocycles. The topological polar surface area (TPSA) is 69.2 Å². The van der Waals surface area contributed by atoms with Crippen LogP contribution in [-0.2, 0) is 6.42 Å². The van der Waals surface area contributed by atoms with E-state index in [1.54, 1.807) is 30.9 Å². The highest BCUT2D eigenvalue weighted by molar-refractivity contribution is 6.35. The minimum Gasteiger partial charge on any atom is -0.388 e. The molecular formula is C20H20ClN3O2. The SMILES string of the molecule is CC(C)(O)C1c2ccccc2CCN1C(=O)c1nc2cccc(Cl)c2[nH]1. The predicted octanol–water partition coefficient (Wildman–Crippen LogP) is 3.73. The molecule has 4 rings (SSSR count). The van der Waals surface area contributed by atoms with Crippen molar-refractivity contribution in [2.75, 3.05) is 6.54 Å². The van der Waals surface area contributed by atoms with Gasteiger partial charge in [0.2, 0.25) is 0 Å². The summed E-state index contributed by atoms with van der Waals surface area (Å²) in [6.07, 6.45) is 0.746. The van der Waals surface area contributed by atoms with Crippen molar-refractivity contribution in [2.24, 2.45) is 0 Å². The normalized spacial score (nSPS) is 17.4. The van der Waals surface area contributed by atoms with Crippen LogP contribution in [0.3, 0.4) is 0 Å². The van der Waals surface area contributed by atoms with E-state index in [2.05, 4.69) is 16.0 Å². The van der Waals surface area contributed by atoms with Crippen LogP contribution in [0.5, 0.6) is 0 Å². The number of aliphatic hydroxyl groups is 1. The molecule has 0 aliphatic carbocycles. The highest BCUT2D eigenvalue weighted by Gasteiger charge is 2.40. The molecule has 1 unspecified atom stereocenters. The first-order chi connectivity index (χ1) is 12.4. The smallest absolute Gasteiger partial charge is 0.290 e. The van der Waals surface area contributed by atoms with Gasteiger partial charge in [-0.2, -0.15) is 0 Å². The lowest BCUT2D eigenvalue weighted by molar-refractivity contribution is -0.0196. The molecule has 6 heteroatoms. The van der Waals surface area contributed by atoms with Crippen LogP contribution in [0.15, 0.2) is 42.5 Å². The highest BCUT2D eigenvalue weighted by Crippen LogP contribution is 2.38. The standard InChI is InChI=1S/C20H20ClN3O2/c1-20(2,26)17-13-7-4-3-6-12(13)10-11-24(17)19(25)18-22-15-9-5-8-14(21)16(15)23-18/h3-9,17,26H,10-11H2,1-2H3,(H,22,23). The van der Waals surface area contributed by atoms with Crippen molar-refractivity contribution in [1.82, 2.24) is 14.9 Å². The van der Waals surface area contributed by atoms with Crippen molar-refractivity contribution < 1.29 is 9.90 Å². The van der Waals surface area contributed by atoms with Crippen molar-refractivity contribution in [3.63, 3.8) is 0 Å². The third kappa shape index (κ3) is 2.77. The first kappa shape index (κ1) is 17.1. The number of para-hydroxylation sites is 1. The molecule has 0 saturated carbocycles. The fourth-order valence-electron chi connectivity index (χ4n) is 3.78. The van der Waals surface area contributed by atoms with E-state index in [9.17, 15) is 9.90 Å². The van der Waals surface area contributed by atoms with E-state index in [-0.39, 0.29) is 11.7 Å². The summed E-state index contributed by atoms with van der Waals surface area (Å²) >= 11 is 6.19. The number of rotatable bonds is 2. The summed E-state index contributed by atoms with van der Waals surface area (Å²) in [7, 11) is 0. The number of fused-ring (bicyclic) bond motifs is 2. The zero-order chi connectivity index (χ0) is 18.5. The van der Waals surface area contributed by atoms with Crippen LogP contribution in [0.1, 0.15) is 41.6 Å². The van der Waals surface area contributed by atoms with Gasteiger partial charge in [0, 0.05) is 6.54 Å². The molecule has 2 aromatic carbocycles. The second kappa shape index (κ2) is 6.11. The fourth-order valence-corrected chi connectivity index (χ4v) is 4.00. The molecule has 2 N–H and O–H groups in total. The van der Waals surface area contributed by atoms with Crippen molar-refractivity contribution in [1.29, 1.82) is 0 Å². The van der Waals surface area contributed by atoms with Crippen LogP contribution in [0.25, 0.3) is 11.0 Å². The summed E-state index contributed by atoms with van der Waals surface area (Å²) < 4.78 is 0. The number of aromatic nitrogens is 2. The number of hydrogen-bond donors (Lipinski definition) is 2. The molecule has 0 fully saturated rings. The van der Waals surface area contributed by atoms with Gasteiger partial charge in [0.1, 0.15) is 0 Å². The van der Waals surface area contributed by atoms with Gasteiger partial charge >= 0.3 is 0 Å². The number of benzene rings is 2. The van der Waals surface area contributed by atoms with E-state index in [4.69, 9.17) is 11.6 Å². The third-order valence-electron chi connectivity index (χ3n) is 4.88. The Morgan fingerprint density at radius 1 is 1.27 bits per heavy atom. The number of carbonyl (C=O) groups is 1. The van der Waals surface area contributed by atoms with Crippen LogP contribution in [-0.4, -0.2) is 38.0 Å². The minimum absolute atomic E-state index is 0.237. The maximum Gasteiger partial charge on any atom is 0.290 e. The lowest BCUT2D eigenvalue weighted by Gasteiger charge is -2.43. The minimum atomic E-state index is -1.09. The number of nitrogens with zero attached hydrogens (tertiary/aromatic N) is 2. The van der Waals surface area contributed by atoms with Crippen molar-refractivity contribution >= 4 is 28.5 Å². The van der Waals surface area contributed by atoms with Gasteiger partial charge in [0.25, 0.3) is 5.91 Å². The van der Waals surface area contributed by atoms with Gasteiger partial charge in [0.05, 0.1) is 27.7 Å². The van der Waals surface area contributed by atoms with Crippen molar-refractivity contribution in [2.45, 2.75) is 31.9 Å². The number of nitrogens with one attached hydrogen (secondary N) is 1. The molecule has 0 spiro atoms. The molecule has 5 nitrogen and oxygen atoms in total. The van der Waals surface area contributed by atoms with Crippen molar-refractivity contribution in [3.8, 4) is 0 Å². The second-order valence-electron chi connectivity index (χ2n) is 7.22. The number of carbonyl (C=O) groups excluding carboxylic acids is 1. The van der Waals surface area contributed by atoms with E-state index in [0.29, 0.717) is 22.6 Å². The molecule has 3 aromatic rings. The largest absolute Gasteiger partial charge is 0.388 e. The van der Waals surface area contributed by atoms with Gasteiger partial charge in [-0.3, -0.25) is 4.79 Å². The number of imidazole rings is 1. The number of H-pyrrole nitrogens is 1. The lowest BCUT2D eigenvalue weighted by Crippen LogP contribution is -2.49. The van der Waals surface area contributed by atoms with E-state index in [0.717, 1.165) is 17.5 Å². The van der Waals surface area contributed by atoms with E-state index < -0.39 is 11.6 Å². The van der Waals surface area contributed by atoms with Crippen LogP contribution in [0.4, 0.5) is 0 Å². The van der Waals surface area contributed by atoms with Crippen LogP contribution in [0.2, 0.25) is 5.02 Å². The van der Waals surface area contributed by atoms with Gasteiger partial charge < -0.3 is 15.0 Å². The number of halogens is 1. The Bertz CT molecular complexity index is 990. The summed E-state index contributed by atoms with van der Waals surface area (Å²) in [5.41, 5.74) is 2.36. The number of hydrogen-bond acceptors (Lipinski definition) is 3. The van der Waals surface area contributed by atoms with Crippen LogP contribution in [0, 0.1) is 0 Å². The molecule has 1 atom stereocenters. The Morgan fingerprint density at radius 3 is 2.77 bits per heavy atom. The summed E-state index contributed by atoms with van der Waals surface area (Å²) in [5.74, 6) is 0.000579. The van der Waals surface area contributed by atoms with Gasteiger partial charge in [-0.15, -0.1) is 0 Å². The Labute approximate surface area is 156 Å². The fraction of sp³-hybridized carbons (Fsp3) is 0.300. The quantitative estimate of drug-likeness (QED) is 0.723. The highest BCUT2D eigenvalue weighted by atomic mass is 35.5. The summed E-state index contributed by atoms with van der Waals surface area (Å²) in [5, 5.41) is 11.3. The zero-order valence-corrected chi connectivity index (χ0v) is 15.4. The molecule has 1 aliphatic rings. The molecule has 1 amide bonds. The maximum absolute atomic E-state index is 13.2. The average molecular weight is 370 g/mol. The first-order valence-electron chi connectivity index (χ1n) is 8.61. The van der Waals surface area contributed by atoms with E-state index in [1.807, 2.05) is 24.3 Å². The molecule has 1 aromatic heterocycles. The summed E-state index contributed by atoms with van der Waals surface area (Å²) in [6.45, 7) is 3.99. The number of amides is 1. The van der Waals surface area contributed by atoms with Gasteiger partial charge in [-0.25, -0.2) is 4.98 Å². The Kier molecular flexibility index (Phi) is 4.01. The van der Waals surface area contributed by atoms with Gasteiger partial charge in [-0.05, 0) is 43.5 Å². The molecule has 0 bridgehead atoms. The van der Waals surface area contributed by atoms with Crippen LogP contribution < -0.4 is 0 Å². The number of aromatic amines is 1. The van der Waals surface area contributed by atoms with Gasteiger partial charge in [-0.1, -0.05) is 41.9 Å². The lowest BCUT2D eigenvalue weighted by atomic mass is 9.83. The first-order valence-corrected chi connectivity index (χ1v) is 8.99. The van der Waals surface area contributed by atoms with Gasteiger partial charge in [0.15, 0.2) is 5.82 Å². The van der Waals surface area contributed by atoms with Crippen molar-refractivity contribution in [3.05, 3.63) is 64.4 Å². The van der Waals surface area contributed by atoms with E-state index in [1.165, 1.54) is 0 Å². The molecule has 0 radical (unpaired) electrons. The Morgan fingerprint density at radius 2 is 2.04 bits per heavy atom. The van der Waals surface area contributed by atoms with E-state index >= 15 is 0 Å². The molecule has 0 saturated heterocycles. The summed E-state index contributed by atoms with van der Waals surface area (Å²) in [6, 6.07) is 12.9. The zero-order valence-electron chi connectivity index (χ0n) is 14.7. The third-order valence-corrected chi connectivity index (χ3v) is 5.20.